The van der Waals surface area contributed by atoms with Gasteiger partial charge in [0.05, 0.1) is 5.56 Å². The predicted octanol–water partition coefficient (Wildman–Crippen LogP) is 3.62. The van der Waals surface area contributed by atoms with Crippen molar-refractivity contribution < 1.29 is 14.3 Å². The molecule has 0 aliphatic rings. The molecule has 5 nitrogen and oxygen atoms in total. The van der Waals surface area contributed by atoms with E-state index in [9.17, 15) is 9.59 Å². The molecule has 0 aliphatic heterocycles. The van der Waals surface area contributed by atoms with Gasteiger partial charge in [-0.1, -0.05) is 25.5 Å². The molecule has 0 radical (unpaired) electrons. The Bertz CT molecular complexity index is 557. The summed E-state index contributed by atoms with van der Waals surface area (Å²) in [5.74, 6) is 0.406. The van der Waals surface area contributed by atoms with Gasteiger partial charge in [-0.3, -0.25) is 9.59 Å². The second-order valence-electron chi connectivity index (χ2n) is 5.90. The Balaban J connectivity index is 2.47. The average molecular weight is 445 g/mol. The molecule has 0 fully saturated rings. The lowest BCUT2D eigenvalue weighted by atomic mass is 10.1. The van der Waals surface area contributed by atoms with E-state index in [1.807, 2.05) is 18.4 Å². The molecule has 0 aliphatic carbocycles. The number of amides is 2. The number of thioether (sulfide) groups is 1. The molecule has 1 unspecified atom stereocenters. The molecule has 146 valence electrons. The van der Waals surface area contributed by atoms with E-state index in [1.54, 1.807) is 23.9 Å². The Labute approximate surface area is 169 Å². The molecule has 7 heteroatoms. The quantitative estimate of drug-likeness (QED) is 0.455. The molecule has 0 saturated heterocycles. The van der Waals surface area contributed by atoms with Crippen LogP contribution in [0, 0.1) is 0 Å². The molecule has 1 rings (SSSR count). The summed E-state index contributed by atoms with van der Waals surface area (Å²) in [4.78, 5) is 24.9. The van der Waals surface area contributed by atoms with E-state index in [2.05, 4.69) is 33.5 Å². The smallest absolute Gasteiger partial charge is 0.253 e. The minimum Gasteiger partial charge on any atom is -0.381 e. The topological polar surface area (TPSA) is 67.4 Å². The first kappa shape index (κ1) is 23.0. The van der Waals surface area contributed by atoms with Crippen LogP contribution in [0.4, 0.5) is 0 Å². The van der Waals surface area contributed by atoms with E-state index in [0.29, 0.717) is 29.6 Å². The number of carbonyl (C=O) groups excluding carboxylic acids is 2. The number of unbranched alkanes of at least 4 members (excludes halogenated alkanes) is 1. The number of nitrogens with one attached hydrogen (secondary N) is 2. The average Bonchev–Trinajstić information content (AvgIpc) is 2.64. The number of ether oxygens (including phenoxy) is 1. The summed E-state index contributed by atoms with van der Waals surface area (Å²) in [6.45, 7) is 4.08. The molecule has 2 N–H and O–H groups in total. The lowest BCUT2D eigenvalue weighted by Gasteiger charge is -2.18. The number of hydrogen-bond acceptors (Lipinski definition) is 4. The molecule has 0 saturated carbocycles. The number of rotatable bonds is 13. The van der Waals surface area contributed by atoms with Gasteiger partial charge in [0, 0.05) is 24.2 Å². The minimum atomic E-state index is -0.539. The van der Waals surface area contributed by atoms with Crippen molar-refractivity contribution in [2.75, 3.05) is 31.8 Å². The van der Waals surface area contributed by atoms with E-state index in [1.165, 1.54) is 0 Å². The van der Waals surface area contributed by atoms with E-state index < -0.39 is 6.04 Å². The Morgan fingerprint density at radius 1 is 1.23 bits per heavy atom. The van der Waals surface area contributed by atoms with Gasteiger partial charge in [0.2, 0.25) is 5.91 Å². The zero-order chi connectivity index (χ0) is 19.2. The Hall–Kier alpha value is -1.05. The molecular weight excluding hydrogens is 416 g/mol. The van der Waals surface area contributed by atoms with Gasteiger partial charge in [-0.2, -0.15) is 11.8 Å². The van der Waals surface area contributed by atoms with Crippen molar-refractivity contribution in [3.8, 4) is 0 Å². The van der Waals surface area contributed by atoms with Crippen molar-refractivity contribution in [1.82, 2.24) is 10.6 Å². The summed E-state index contributed by atoms with van der Waals surface area (Å²) in [7, 11) is 0. The number of benzene rings is 1. The highest BCUT2D eigenvalue weighted by atomic mass is 79.9. The van der Waals surface area contributed by atoms with Crippen molar-refractivity contribution in [2.24, 2.45) is 0 Å². The molecule has 0 bridgehead atoms. The van der Waals surface area contributed by atoms with Crippen molar-refractivity contribution in [2.45, 2.75) is 38.6 Å². The lowest BCUT2D eigenvalue weighted by Crippen LogP contribution is -2.47. The summed E-state index contributed by atoms with van der Waals surface area (Å²) in [6.07, 6.45) is 5.52. The third-order valence-corrected chi connectivity index (χ3v) is 5.09. The van der Waals surface area contributed by atoms with Gasteiger partial charge < -0.3 is 15.4 Å². The van der Waals surface area contributed by atoms with Crippen LogP contribution >= 0.6 is 27.7 Å². The minimum absolute atomic E-state index is 0.145. The first-order chi connectivity index (χ1) is 12.6. The summed E-state index contributed by atoms with van der Waals surface area (Å²) in [6, 6.07) is 6.65. The molecule has 0 spiro atoms. The fraction of sp³-hybridized carbons (Fsp3) is 0.579. The standard InChI is InChI=1S/C19H29BrN2O3S/c1-3-4-12-25-13-7-11-21-19(24)17(10-14-26-2)22-18(23)15-8-5-6-9-16(15)20/h5-6,8-9,17H,3-4,7,10-14H2,1-2H3,(H,21,24)(H,22,23). The molecule has 1 aromatic carbocycles. The van der Waals surface area contributed by atoms with Crippen LogP contribution < -0.4 is 10.6 Å². The molecular formula is C19H29BrN2O3S. The molecule has 1 atom stereocenters. The van der Waals surface area contributed by atoms with E-state index >= 15 is 0 Å². The second-order valence-corrected chi connectivity index (χ2v) is 7.74. The van der Waals surface area contributed by atoms with Crippen LogP contribution in [-0.2, 0) is 9.53 Å². The van der Waals surface area contributed by atoms with Crippen LogP contribution in [-0.4, -0.2) is 49.6 Å². The zero-order valence-electron chi connectivity index (χ0n) is 15.6. The third kappa shape index (κ3) is 9.05. The highest BCUT2D eigenvalue weighted by Crippen LogP contribution is 2.16. The molecule has 0 aromatic heterocycles. The molecule has 1 aromatic rings. The van der Waals surface area contributed by atoms with E-state index in [-0.39, 0.29) is 11.8 Å². The van der Waals surface area contributed by atoms with Crippen LogP contribution in [0.2, 0.25) is 0 Å². The van der Waals surface area contributed by atoms with Crippen molar-refractivity contribution in [1.29, 1.82) is 0 Å². The maximum Gasteiger partial charge on any atom is 0.253 e. The van der Waals surface area contributed by atoms with Crippen LogP contribution in [0.5, 0.6) is 0 Å². The number of hydrogen-bond donors (Lipinski definition) is 2. The lowest BCUT2D eigenvalue weighted by molar-refractivity contribution is -0.123. The van der Waals surface area contributed by atoms with Gasteiger partial charge in [0.1, 0.15) is 6.04 Å². The van der Waals surface area contributed by atoms with Crippen LogP contribution in [0.25, 0.3) is 0 Å². The summed E-state index contributed by atoms with van der Waals surface area (Å²) >= 11 is 5.03. The second kappa shape index (κ2) is 14.1. The Morgan fingerprint density at radius 2 is 1.96 bits per heavy atom. The number of carbonyl (C=O) groups is 2. The zero-order valence-corrected chi connectivity index (χ0v) is 18.0. The van der Waals surface area contributed by atoms with Gasteiger partial charge in [0.25, 0.3) is 5.91 Å². The van der Waals surface area contributed by atoms with Gasteiger partial charge in [-0.25, -0.2) is 0 Å². The van der Waals surface area contributed by atoms with Crippen molar-refractivity contribution >= 4 is 39.5 Å². The Morgan fingerprint density at radius 3 is 2.65 bits per heavy atom. The van der Waals surface area contributed by atoms with Gasteiger partial charge in [-0.15, -0.1) is 0 Å². The summed E-state index contributed by atoms with van der Waals surface area (Å²) in [5.41, 5.74) is 0.527. The maximum atomic E-state index is 12.5. The van der Waals surface area contributed by atoms with Gasteiger partial charge >= 0.3 is 0 Å². The van der Waals surface area contributed by atoms with E-state index in [4.69, 9.17) is 4.74 Å². The molecule has 26 heavy (non-hydrogen) atoms. The molecule has 2 amide bonds. The molecule has 0 heterocycles. The van der Waals surface area contributed by atoms with Crippen molar-refractivity contribution in [3.05, 3.63) is 34.3 Å². The Kier molecular flexibility index (Phi) is 12.4. The number of halogens is 1. The van der Waals surface area contributed by atoms with E-state index in [0.717, 1.165) is 31.6 Å². The first-order valence-electron chi connectivity index (χ1n) is 9.00. The normalized spacial score (nSPS) is 11.8. The third-order valence-electron chi connectivity index (χ3n) is 3.76. The predicted molar refractivity (Wildman–Crippen MR) is 112 cm³/mol. The van der Waals surface area contributed by atoms with Gasteiger partial charge in [0.15, 0.2) is 0 Å². The van der Waals surface area contributed by atoms with Crippen molar-refractivity contribution in [3.63, 3.8) is 0 Å². The van der Waals surface area contributed by atoms with Crippen LogP contribution in [0.1, 0.15) is 43.0 Å². The SMILES string of the molecule is CCCCOCCCNC(=O)C(CCSC)NC(=O)c1ccccc1Br. The highest BCUT2D eigenvalue weighted by Gasteiger charge is 2.21. The van der Waals surface area contributed by atoms with Gasteiger partial charge in [-0.05, 0) is 59.3 Å². The maximum absolute atomic E-state index is 12.5. The fourth-order valence-electron chi connectivity index (χ4n) is 2.24. The first-order valence-corrected chi connectivity index (χ1v) is 11.2. The van der Waals surface area contributed by atoms with Crippen LogP contribution in [0.3, 0.4) is 0 Å². The largest absolute Gasteiger partial charge is 0.381 e. The highest BCUT2D eigenvalue weighted by molar-refractivity contribution is 9.10. The fourth-order valence-corrected chi connectivity index (χ4v) is 3.18. The summed E-state index contributed by atoms with van der Waals surface area (Å²) < 4.78 is 6.20. The summed E-state index contributed by atoms with van der Waals surface area (Å²) in [5, 5.41) is 5.75. The van der Waals surface area contributed by atoms with Crippen LogP contribution in [0.15, 0.2) is 28.7 Å². The monoisotopic (exact) mass is 444 g/mol.